The van der Waals surface area contributed by atoms with Crippen LogP contribution in [0.1, 0.15) is 0 Å². The van der Waals surface area contributed by atoms with Gasteiger partial charge in [-0.1, -0.05) is 0 Å². The fraction of sp³-hybridized carbons (Fsp3) is 0. The van der Waals surface area contributed by atoms with Gasteiger partial charge in [0, 0.05) is 0 Å². The van der Waals surface area contributed by atoms with Crippen molar-refractivity contribution in [2.45, 2.75) is 0 Å². The third kappa shape index (κ3) is 4160. The van der Waals surface area contributed by atoms with Gasteiger partial charge in [0.15, 0.2) is 0 Å². The molecule has 2 radical (unpaired) electrons. The van der Waals surface area contributed by atoms with Crippen LogP contribution in [0.3, 0.4) is 0 Å². The Morgan fingerprint density at radius 2 is 0.188 bits per heavy atom. The molecule has 0 aromatic carbocycles. The molecule has 0 saturated carbocycles. The van der Waals surface area contributed by atoms with Crippen LogP contribution in [0.4, 0.5) is 0 Å². The largest absolute Gasteiger partial charge is 3.00 e. The Hall–Kier alpha value is 2.83. The van der Waals surface area contributed by atoms with Crippen molar-refractivity contribution in [1.82, 2.24) is 0 Å². The molecule has 130 valence electrons. The van der Waals surface area contributed by atoms with E-state index in [1.165, 1.54) is 0 Å². The molecule has 0 aliphatic rings. The van der Waals surface area contributed by atoms with Crippen molar-refractivity contribution in [2.24, 2.45) is 0 Å². The predicted molar refractivity (Wildman–Crippen MR) is 59.6 cm³/mol. The normalized spacial score (nSPS) is 0.750. The van der Waals surface area contributed by atoms with Crippen molar-refractivity contribution in [3.63, 3.8) is 0 Å². The second-order valence-corrected chi connectivity index (χ2v) is 0. The molecular weight excluding hydrogens is 610 g/mol. The van der Waals surface area contributed by atoms with Gasteiger partial charge in [-0.3, -0.25) is 0 Å². The van der Waals surface area contributed by atoms with E-state index in [9.17, 15) is 0 Å². The molecule has 0 N–H and O–H groups in total. The van der Waals surface area contributed by atoms with E-state index in [0.29, 0.717) is 0 Å². The summed E-state index contributed by atoms with van der Waals surface area (Å²) in [5, 5.41) is 75.0. The van der Waals surface area contributed by atoms with Gasteiger partial charge in [0.1, 0.15) is 0 Å². The molecule has 0 rings (SSSR count). The number of hydrogen-bond donors (Lipinski definition) is 0. The molecule has 0 fully saturated rings. The summed E-state index contributed by atoms with van der Waals surface area (Å²) in [6.07, 6.45) is 0. The Morgan fingerprint density at radius 1 is 0.188 bits per heavy atom. The number of hydrogen-bond acceptors (Lipinski definition) is 12. The molecule has 0 heterocycles. The molecule has 0 aliphatic carbocycles. The van der Waals surface area contributed by atoms with Gasteiger partial charge in [-0.25, -0.2) is 0 Å². The van der Waals surface area contributed by atoms with Crippen LogP contribution in [0.15, 0.2) is 0 Å². The van der Waals surface area contributed by atoms with Crippen LogP contribution in [0.2, 0.25) is 0 Å². The Balaban J connectivity index is -0.00000000267. The van der Waals surface area contributed by atoms with Crippen molar-refractivity contribution in [1.29, 1.82) is 63.1 Å². The SMILES string of the molecule is [C-]#N.[C-]#N.[C-]#N.[C-]#N.[C-]#N.[C-]#N.[C-]#N.[C-]#N.[C-]#N.[C-]#N.[C-]#N.[C-]#N.[Fe+3].[Fe+3].[K+].[K+].[K+].[Na+].[Na+].[Na+]. The molecule has 0 aromatic rings. The molecule has 12 nitrogen and oxygen atoms in total. The summed E-state index contributed by atoms with van der Waals surface area (Å²) in [6, 6.07) is 0. The second-order valence-electron chi connectivity index (χ2n) is 0. The molecule has 0 saturated heterocycles. The predicted octanol–water partition coefficient (Wildman–Crippen LogP) is -16.8. The van der Waals surface area contributed by atoms with Crippen LogP contribution in [0, 0.1) is 142 Å². The third-order valence-electron chi connectivity index (χ3n) is 0. The summed E-state index contributed by atoms with van der Waals surface area (Å²) in [5.41, 5.74) is 0. The van der Waals surface area contributed by atoms with Gasteiger partial charge >= 0.3 is 277 Å². The van der Waals surface area contributed by atoms with E-state index in [1.54, 1.807) is 0 Å². The molecular formula is C12Fe2K3N12Na3. The van der Waals surface area contributed by atoms with Gasteiger partial charge in [-0.15, -0.1) is 0 Å². The van der Waals surface area contributed by atoms with Crippen LogP contribution >= 0.6 is 0 Å². The van der Waals surface area contributed by atoms with E-state index in [0.717, 1.165) is 0 Å². The smallest absolute Gasteiger partial charge is 0.512 e. The zero-order chi connectivity index (χ0) is 24.0. The summed E-state index contributed by atoms with van der Waals surface area (Å²) in [7, 11) is 0. The minimum absolute atomic E-state index is 0. The summed E-state index contributed by atoms with van der Waals surface area (Å²) >= 11 is 0. The van der Waals surface area contributed by atoms with Crippen molar-refractivity contribution >= 4 is 0 Å². The first kappa shape index (κ1) is 181. The van der Waals surface area contributed by atoms with Gasteiger partial charge in [-0.2, -0.15) is 0 Å². The van der Waals surface area contributed by atoms with Gasteiger partial charge in [0.2, 0.25) is 0 Å². The Bertz CT molecular complexity index is 249. The van der Waals surface area contributed by atoms with E-state index in [1.807, 2.05) is 0 Å². The molecule has 0 aromatic heterocycles. The van der Waals surface area contributed by atoms with Gasteiger partial charge < -0.3 is 142 Å². The van der Waals surface area contributed by atoms with Crippen LogP contribution in [-0.4, -0.2) is 0 Å². The minimum atomic E-state index is 0. The molecule has 32 heavy (non-hydrogen) atoms. The zero-order valence-electron chi connectivity index (χ0n) is 18.1. The van der Waals surface area contributed by atoms with Gasteiger partial charge in [0.05, 0.1) is 0 Å². The van der Waals surface area contributed by atoms with Crippen LogP contribution in [-0.2, 0) is 34.1 Å². The second kappa shape index (κ2) is 4560. The maximum absolute atomic E-state index is 6.25. The zero-order valence-corrected chi connectivity index (χ0v) is 35.7. The van der Waals surface area contributed by atoms with Crippen molar-refractivity contribution in [3.05, 3.63) is 78.9 Å². The topological polar surface area (TPSA) is 285 Å². The third-order valence-corrected chi connectivity index (χ3v) is 0. The Morgan fingerprint density at radius 3 is 0.188 bits per heavy atom. The summed E-state index contributed by atoms with van der Waals surface area (Å²) in [5.74, 6) is 0. The Kier molecular flexibility index (Phi) is 25800. The minimum Gasteiger partial charge on any atom is -0.512 e. The fourth-order valence-corrected chi connectivity index (χ4v) is 0. The molecule has 0 bridgehead atoms. The first-order chi connectivity index (χ1) is 12.0. The molecule has 20 heteroatoms. The summed E-state index contributed by atoms with van der Waals surface area (Å²) in [6.45, 7) is 57.0. The average molecular weight is 610 g/mol. The molecule has 0 aliphatic heterocycles. The van der Waals surface area contributed by atoms with Crippen molar-refractivity contribution in [3.8, 4) is 0 Å². The summed E-state index contributed by atoms with van der Waals surface area (Å²) in [4.78, 5) is 0. The van der Waals surface area contributed by atoms with Gasteiger partial charge in [-0.05, 0) is 0 Å². The summed E-state index contributed by atoms with van der Waals surface area (Å²) < 4.78 is 0. The van der Waals surface area contributed by atoms with E-state index in [-0.39, 0.29) is 277 Å². The standard InChI is InChI=1S/12CN.2Fe.3K.3Na/c12*1-2;;;;;;;;/q12*-1;2*+3;6*+1. The molecule has 0 amide bonds. The van der Waals surface area contributed by atoms with Crippen LogP contribution in [0.5, 0.6) is 0 Å². The van der Waals surface area contributed by atoms with Crippen LogP contribution < -0.4 is 243 Å². The maximum Gasteiger partial charge on any atom is 3.00 e. The van der Waals surface area contributed by atoms with Gasteiger partial charge in [0.25, 0.3) is 0 Å². The molecule has 0 unspecified atom stereocenters. The van der Waals surface area contributed by atoms with E-state index >= 15 is 0 Å². The van der Waals surface area contributed by atoms with Crippen LogP contribution in [0.25, 0.3) is 0 Å². The maximum atomic E-state index is 6.25. The number of rotatable bonds is 0. The van der Waals surface area contributed by atoms with E-state index < -0.39 is 0 Å². The first-order valence-corrected chi connectivity index (χ1v) is 2.68. The first-order valence-electron chi connectivity index (χ1n) is 2.68. The quantitative estimate of drug-likeness (QED) is 0.183. The number of nitrogens with zero attached hydrogens (tertiary/aromatic N) is 12. The molecule has 0 spiro atoms. The Labute approximate surface area is 408 Å². The van der Waals surface area contributed by atoms with Crippen molar-refractivity contribution in [2.75, 3.05) is 0 Å². The fourth-order valence-electron chi connectivity index (χ4n) is 0. The van der Waals surface area contributed by atoms with E-state index in [2.05, 4.69) is 0 Å². The van der Waals surface area contributed by atoms with E-state index in [4.69, 9.17) is 142 Å². The van der Waals surface area contributed by atoms with Crippen molar-refractivity contribution < 1.29 is 277 Å². The monoisotopic (exact) mass is 610 g/mol. The molecule has 0 atom stereocenters. The average Bonchev–Trinajstić information content (AvgIpc) is 2.84.